The Kier molecular flexibility index (Phi) is 1.85. The highest BCUT2D eigenvalue weighted by Gasteiger charge is 2.37. The summed E-state index contributed by atoms with van der Waals surface area (Å²) in [6.45, 7) is 0. The monoisotopic (exact) mass is 182 g/mol. The molecule has 1 saturated carbocycles. The Hall–Kier alpha value is -0.530. The van der Waals surface area contributed by atoms with Crippen molar-refractivity contribution in [3.05, 3.63) is 34.9 Å². The molecule has 0 bridgehead atoms. The minimum absolute atomic E-state index is 0.627. The first kappa shape index (κ1) is 8.09. The van der Waals surface area contributed by atoms with Crippen molar-refractivity contribution in [1.82, 2.24) is 0 Å². The lowest BCUT2D eigenvalue weighted by atomic mass is 9.75. The number of hydrogen-bond donors (Lipinski definition) is 1. The van der Waals surface area contributed by atoms with Gasteiger partial charge in [-0.3, -0.25) is 0 Å². The SMILES string of the molecule is OC1(c2ccccc2Cl)CCC1. The molecule has 2 heteroatoms. The van der Waals surface area contributed by atoms with E-state index in [2.05, 4.69) is 0 Å². The quantitative estimate of drug-likeness (QED) is 0.708. The average Bonchev–Trinajstić information content (AvgIpc) is 2.01. The minimum Gasteiger partial charge on any atom is -0.385 e. The number of benzene rings is 1. The first-order chi connectivity index (χ1) is 5.72. The van der Waals surface area contributed by atoms with E-state index >= 15 is 0 Å². The molecule has 1 aliphatic carbocycles. The number of halogens is 1. The summed E-state index contributed by atoms with van der Waals surface area (Å²) >= 11 is 5.96. The highest BCUT2D eigenvalue weighted by atomic mass is 35.5. The summed E-state index contributed by atoms with van der Waals surface area (Å²) in [5.74, 6) is 0. The van der Waals surface area contributed by atoms with Gasteiger partial charge in [0.05, 0.1) is 5.60 Å². The molecule has 0 unspecified atom stereocenters. The minimum atomic E-state index is -0.627. The molecule has 1 N–H and O–H groups in total. The third kappa shape index (κ3) is 1.13. The maximum absolute atomic E-state index is 9.98. The van der Waals surface area contributed by atoms with Gasteiger partial charge in [-0.15, -0.1) is 0 Å². The Morgan fingerprint density at radius 2 is 1.92 bits per heavy atom. The van der Waals surface area contributed by atoms with Gasteiger partial charge in [0.25, 0.3) is 0 Å². The predicted molar refractivity (Wildman–Crippen MR) is 49.2 cm³/mol. The largest absolute Gasteiger partial charge is 0.385 e. The molecule has 0 atom stereocenters. The predicted octanol–water partition coefficient (Wildman–Crippen LogP) is 2.71. The molecule has 0 aliphatic heterocycles. The smallest absolute Gasteiger partial charge is 0.0911 e. The van der Waals surface area contributed by atoms with Gasteiger partial charge in [-0.2, -0.15) is 0 Å². The Morgan fingerprint density at radius 3 is 2.42 bits per heavy atom. The standard InChI is InChI=1S/C10H11ClO/c11-9-5-2-1-4-8(9)10(12)6-3-7-10/h1-2,4-5,12H,3,6-7H2. The van der Waals surface area contributed by atoms with Crippen molar-refractivity contribution in [3.63, 3.8) is 0 Å². The lowest BCUT2D eigenvalue weighted by Crippen LogP contribution is -2.33. The van der Waals surface area contributed by atoms with E-state index in [-0.39, 0.29) is 0 Å². The van der Waals surface area contributed by atoms with E-state index < -0.39 is 5.60 Å². The van der Waals surface area contributed by atoms with Crippen LogP contribution in [0.4, 0.5) is 0 Å². The summed E-state index contributed by atoms with van der Waals surface area (Å²) in [7, 11) is 0. The molecule has 0 aromatic heterocycles. The van der Waals surface area contributed by atoms with Crippen molar-refractivity contribution in [2.24, 2.45) is 0 Å². The summed E-state index contributed by atoms with van der Waals surface area (Å²) in [6, 6.07) is 7.53. The van der Waals surface area contributed by atoms with E-state index in [9.17, 15) is 5.11 Å². The van der Waals surface area contributed by atoms with Gasteiger partial charge in [0.2, 0.25) is 0 Å². The molecule has 0 amide bonds. The van der Waals surface area contributed by atoms with Crippen LogP contribution in [-0.2, 0) is 5.60 Å². The molecule has 2 rings (SSSR count). The van der Waals surface area contributed by atoms with Crippen molar-refractivity contribution in [1.29, 1.82) is 0 Å². The van der Waals surface area contributed by atoms with Crippen molar-refractivity contribution in [3.8, 4) is 0 Å². The van der Waals surface area contributed by atoms with Crippen LogP contribution < -0.4 is 0 Å². The van der Waals surface area contributed by atoms with Crippen LogP contribution in [0.1, 0.15) is 24.8 Å². The van der Waals surface area contributed by atoms with E-state index in [1.54, 1.807) is 0 Å². The zero-order valence-corrected chi connectivity index (χ0v) is 7.51. The van der Waals surface area contributed by atoms with E-state index in [0.29, 0.717) is 5.02 Å². The molecule has 12 heavy (non-hydrogen) atoms. The summed E-state index contributed by atoms with van der Waals surface area (Å²) in [5, 5.41) is 10.7. The van der Waals surface area contributed by atoms with Crippen molar-refractivity contribution in [2.45, 2.75) is 24.9 Å². The fourth-order valence-electron chi connectivity index (χ4n) is 1.62. The zero-order valence-electron chi connectivity index (χ0n) is 6.76. The second-order valence-electron chi connectivity index (χ2n) is 3.36. The molecule has 1 aromatic carbocycles. The van der Waals surface area contributed by atoms with Crippen LogP contribution in [0, 0.1) is 0 Å². The number of rotatable bonds is 1. The Bertz CT molecular complexity index is 292. The van der Waals surface area contributed by atoms with Crippen LogP contribution in [0.15, 0.2) is 24.3 Å². The molecule has 1 aromatic rings. The Balaban J connectivity index is 2.39. The molecule has 0 saturated heterocycles. The lowest BCUT2D eigenvalue weighted by molar-refractivity contribution is -0.0386. The van der Waals surface area contributed by atoms with Gasteiger partial charge in [0, 0.05) is 10.6 Å². The van der Waals surface area contributed by atoms with E-state index in [1.807, 2.05) is 24.3 Å². The van der Waals surface area contributed by atoms with Crippen LogP contribution in [0.5, 0.6) is 0 Å². The fraction of sp³-hybridized carbons (Fsp3) is 0.400. The molecule has 64 valence electrons. The average molecular weight is 183 g/mol. The summed E-state index contributed by atoms with van der Waals surface area (Å²) in [5.41, 5.74) is 0.260. The van der Waals surface area contributed by atoms with Gasteiger partial charge < -0.3 is 5.11 Å². The van der Waals surface area contributed by atoms with Crippen LogP contribution in [0.2, 0.25) is 5.02 Å². The van der Waals surface area contributed by atoms with Crippen molar-refractivity contribution in [2.75, 3.05) is 0 Å². The maximum atomic E-state index is 9.98. The number of aliphatic hydroxyl groups is 1. The van der Waals surface area contributed by atoms with E-state index in [1.165, 1.54) is 0 Å². The molecule has 0 heterocycles. The van der Waals surface area contributed by atoms with Gasteiger partial charge in [-0.1, -0.05) is 29.8 Å². The highest BCUT2D eigenvalue weighted by molar-refractivity contribution is 6.31. The molecule has 1 fully saturated rings. The van der Waals surface area contributed by atoms with E-state index in [0.717, 1.165) is 24.8 Å². The van der Waals surface area contributed by atoms with Crippen LogP contribution in [0.3, 0.4) is 0 Å². The second-order valence-corrected chi connectivity index (χ2v) is 3.77. The highest BCUT2D eigenvalue weighted by Crippen LogP contribution is 2.43. The second kappa shape index (κ2) is 2.75. The molecular formula is C10H11ClO. The normalized spacial score (nSPS) is 20.2. The Morgan fingerprint density at radius 1 is 1.25 bits per heavy atom. The van der Waals surface area contributed by atoms with Gasteiger partial charge in [0.1, 0.15) is 0 Å². The first-order valence-electron chi connectivity index (χ1n) is 4.20. The zero-order chi connectivity index (χ0) is 8.60. The van der Waals surface area contributed by atoms with Gasteiger partial charge in [0.15, 0.2) is 0 Å². The van der Waals surface area contributed by atoms with Gasteiger partial charge >= 0.3 is 0 Å². The third-order valence-electron chi connectivity index (χ3n) is 2.56. The molecule has 1 aliphatic rings. The van der Waals surface area contributed by atoms with E-state index in [4.69, 9.17) is 11.6 Å². The lowest BCUT2D eigenvalue weighted by Gasteiger charge is -2.37. The molecule has 1 nitrogen and oxygen atoms in total. The third-order valence-corrected chi connectivity index (χ3v) is 2.89. The molecule has 0 radical (unpaired) electrons. The molecule has 0 spiro atoms. The topological polar surface area (TPSA) is 20.2 Å². The summed E-state index contributed by atoms with van der Waals surface area (Å²) < 4.78 is 0. The van der Waals surface area contributed by atoms with Crippen LogP contribution in [0.25, 0.3) is 0 Å². The van der Waals surface area contributed by atoms with Crippen LogP contribution >= 0.6 is 11.6 Å². The first-order valence-corrected chi connectivity index (χ1v) is 4.58. The summed E-state index contributed by atoms with van der Waals surface area (Å²) in [6.07, 6.45) is 2.79. The maximum Gasteiger partial charge on any atom is 0.0911 e. The number of hydrogen-bond acceptors (Lipinski definition) is 1. The fourth-order valence-corrected chi connectivity index (χ4v) is 1.93. The van der Waals surface area contributed by atoms with Crippen molar-refractivity contribution >= 4 is 11.6 Å². The van der Waals surface area contributed by atoms with Crippen molar-refractivity contribution < 1.29 is 5.11 Å². The summed E-state index contributed by atoms with van der Waals surface area (Å²) in [4.78, 5) is 0. The Labute approximate surface area is 77.0 Å². The van der Waals surface area contributed by atoms with Crippen LogP contribution in [-0.4, -0.2) is 5.11 Å². The van der Waals surface area contributed by atoms with Gasteiger partial charge in [-0.25, -0.2) is 0 Å². The molecular weight excluding hydrogens is 172 g/mol. The van der Waals surface area contributed by atoms with Gasteiger partial charge in [-0.05, 0) is 25.3 Å².